The number of nitro groups is 1. The molecule has 1 aromatic rings. The van der Waals surface area contributed by atoms with Gasteiger partial charge in [0.1, 0.15) is 0 Å². The second-order valence-corrected chi connectivity index (χ2v) is 1.75. The molecule has 6 nitrogen and oxygen atoms in total. The Morgan fingerprint density at radius 2 is 1.83 bits per heavy atom. The number of rotatable bonds is 1. The highest BCUT2D eigenvalue weighted by molar-refractivity contribution is 5.44. The van der Waals surface area contributed by atoms with Crippen LogP contribution in [0.25, 0.3) is 0 Å². The first kappa shape index (κ1) is 10.3. The fourth-order valence-corrected chi connectivity index (χ4v) is 0.619. The molecule has 0 unspecified atom stereocenters. The number of nitro benzene ring substituents is 1. The zero-order valence-electron chi connectivity index (χ0n) is 6.04. The molecule has 12 heavy (non-hydrogen) atoms. The van der Waals surface area contributed by atoms with Gasteiger partial charge in [0.25, 0.3) is 0 Å². The van der Waals surface area contributed by atoms with Crippen LogP contribution in [0, 0.1) is 10.1 Å². The van der Waals surface area contributed by atoms with Crippen molar-refractivity contribution < 1.29 is 15.2 Å². The average Bonchev–Trinajstić information content (AvgIpc) is 2.08. The van der Waals surface area contributed by atoms with Crippen molar-refractivity contribution in [2.24, 2.45) is 5.90 Å². The number of para-hydroxylation sites is 2. The maximum atomic E-state index is 10.1. The van der Waals surface area contributed by atoms with Crippen molar-refractivity contribution in [1.29, 1.82) is 0 Å². The molecule has 0 saturated carbocycles. The molecule has 0 spiro atoms. The van der Waals surface area contributed by atoms with Crippen LogP contribution in [0.3, 0.4) is 0 Å². The summed E-state index contributed by atoms with van der Waals surface area (Å²) < 4.78 is 0. The lowest BCUT2D eigenvalue weighted by Gasteiger charge is -1.91. The van der Waals surface area contributed by atoms with Gasteiger partial charge >= 0.3 is 5.69 Å². The molecular weight excluding hydrogens is 164 g/mol. The Balaban J connectivity index is 0.000000561. The highest BCUT2D eigenvalue weighted by atomic mass is 16.6. The fraction of sp³-hybridized carbons (Fsp3) is 0. The quantitative estimate of drug-likeness (QED) is 0.425. The van der Waals surface area contributed by atoms with Crippen molar-refractivity contribution in [3.8, 4) is 5.75 Å². The van der Waals surface area contributed by atoms with Crippen LogP contribution in [-0.4, -0.2) is 15.2 Å². The van der Waals surface area contributed by atoms with Gasteiger partial charge in [-0.1, -0.05) is 12.1 Å². The Bertz CT molecular complexity index is 263. The van der Waals surface area contributed by atoms with Crippen molar-refractivity contribution in [3.63, 3.8) is 0 Å². The van der Waals surface area contributed by atoms with Crippen LogP contribution < -0.4 is 5.90 Å². The lowest BCUT2D eigenvalue weighted by atomic mass is 10.3. The largest absolute Gasteiger partial charge is 0.502 e. The zero-order chi connectivity index (χ0) is 9.56. The molecule has 0 radical (unpaired) electrons. The van der Waals surface area contributed by atoms with Gasteiger partial charge in [-0.15, -0.1) is 0 Å². The van der Waals surface area contributed by atoms with E-state index in [4.69, 9.17) is 10.3 Å². The summed E-state index contributed by atoms with van der Waals surface area (Å²) in [5.41, 5.74) is -0.262. The molecule has 0 atom stereocenters. The van der Waals surface area contributed by atoms with Gasteiger partial charge in [0.15, 0.2) is 5.75 Å². The molecule has 0 saturated heterocycles. The number of hydrogen-bond donors (Lipinski definition) is 3. The van der Waals surface area contributed by atoms with Crippen LogP contribution in [0.2, 0.25) is 0 Å². The van der Waals surface area contributed by atoms with Crippen LogP contribution in [0.5, 0.6) is 5.75 Å². The minimum atomic E-state index is -0.630. The third kappa shape index (κ3) is 2.52. The predicted octanol–water partition coefficient (Wildman–Crippen LogP) is 0.635. The van der Waals surface area contributed by atoms with Gasteiger partial charge in [0.2, 0.25) is 0 Å². The first-order valence-electron chi connectivity index (χ1n) is 2.90. The van der Waals surface area contributed by atoms with Crippen LogP contribution >= 0.6 is 0 Å². The van der Waals surface area contributed by atoms with Gasteiger partial charge in [-0.2, -0.15) is 0 Å². The van der Waals surface area contributed by atoms with E-state index >= 15 is 0 Å². The Morgan fingerprint density at radius 3 is 2.17 bits per heavy atom. The van der Waals surface area contributed by atoms with E-state index in [-0.39, 0.29) is 11.4 Å². The molecular formula is C6H8N2O4. The molecule has 0 aliphatic heterocycles. The second kappa shape index (κ2) is 5.05. The van der Waals surface area contributed by atoms with Gasteiger partial charge in [-0.25, -0.2) is 5.90 Å². The molecule has 0 bridgehead atoms. The highest BCUT2D eigenvalue weighted by Crippen LogP contribution is 2.23. The Labute approximate surface area is 68.0 Å². The number of benzene rings is 1. The number of nitrogens with two attached hydrogens (primary N) is 1. The van der Waals surface area contributed by atoms with Crippen LogP contribution in [0.4, 0.5) is 5.69 Å². The molecule has 0 fully saturated rings. The molecule has 66 valence electrons. The summed E-state index contributed by atoms with van der Waals surface area (Å²) in [6.07, 6.45) is 0. The topological polar surface area (TPSA) is 110 Å². The summed E-state index contributed by atoms with van der Waals surface area (Å²) in [4.78, 5) is 9.44. The number of aromatic hydroxyl groups is 1. The molecule has 1 rings (SSSR count). The van der Waals surface area contributed by atoms with E-state index in [1.54, 1.807) is 0 Å². The van der Waals surface area contributed by atoms with Gasteiger partial charge < -0.3 is 10.3 Å². The number of phenols is 1. The lowest BCUT2D eigenvalue weighted by Crippen LogP contribution is -1.86. The monoisotopic (exact) mass is 172 g/mol. The van der Waals surface area contributed by atoms with E-state index in [0.717, 1.165) is 0 Å². The highest BCUT2D eigenvalue weighted by Gasteiger charge is 2.09. The Hall–Kier alpha value is -1.66. The van der Waals surface area contributed by atoms with Crippen LogP contribution in [0.15, 0.2) is 24.3 Å². The minimum Gasteiger partial charge on any atom is -0.502 e. The summed E-state index contributed by atoms with van der Waals surface area (Å²) in [6.45, 7) is 0. The molecule has 0 amide bonds. The van der Waals surface area contributed by atoms with Gasteiger partial charge in [-0.05, 0) is 6.07 Å². The normalized spacial score (nSPS) is 8.17. The van der Waals surface area contributed by atoms with E-state index in [9.17, 15) is 10.1 Å². The molecule has 4 N–H and O–H groups in total. The fourth-order valence-electron chi connectivity index (χ4n) is 0.619. The van der Waals surface area contributed by atoms with Gasteiger partial charge in [-0.3, -0.25) is 10.1 Å². The van der Waals surface area contributed by atoms with E-state index in [0.29, 0.717) is 0 Å². The molecule has 0 heterocycles. The summed E-state index contributed by atoms with van der Waals surface area (Å²) >= 11 is 0. The SMILES string of the molecule is NO.O=[N+]([O-])c1ccccc1O. The second-order valence-electron chi connectivity index (χ2n) is 1.75. The van der Waals surface area contributed by atoms with Gasteiger partial charge in [0.05, 0.1) is 4.92 Å². The maximum absolute atomic E-state index is 10.1. The number of nitrogens with zero attached hydrogens (tertiary/aromatic N) is 1. The van der Waals surface area contributed by atoms with E-state index in [1.165, 1.54) is 24.3 Å². The van der Waals surface area contributed by atoms with Crippen molar-refractivity contribution in [2.75, 3.05) is 0 Å². The summed E-state index contributed by atoms with van der Waals surface area (Å²) in [5.74, 6) is 3.20. The Morgan fingerprint density at radius 1 is 1.33 bits per heavy atom. The van der Waals surface area contributed by atoms with Crippen molar-refractivity contribution in [1.82, 2.24) is 0 Å². The zero-order valence-corrected chi connectivity index (χ0v) is 6.04. The van der Waals surface area contributed by atoms with E-state index in [1.807, 2.05) is 0 Å². The summed E-state index contributed by atoms with van der Waals surface area (Å²) in [7, 11) is 0. The molecule has 1 aromatic carbocycles. The standard InChI is InChI=1S/C6H5NO3.H3NO/c8-6-4-2-1-3-5(6)7(9)10;1-2/h1-4,8H;2H,1H2. The van der Waals surface area contributed by atoms with Crippen LogP contribution in [0.1, 0.15) is 0 Å². The summed E-state index contributed by atoms with van der Waals surface area (Å²) in [6, 6.07) is 5.55. The molecule has 6 heteroatoms. The van der Waals surface area contributed by atoms with Crippen molar-refractivity contribution in [3.05, 3.63) is 34.4 Å². The number of hydrogen-bond acceptors (Lipinski definition) is 5. The predicted molar refractivity (Wildman–Crippen MR) is 40.7 cm³/mol. The lowest BCUT2D eigenvalue weighted by molar-refractivity contribution is -0.385. The van der Waals surface area contributed by atoms with Gasteiger partial charge in [0, 0.05) is 6.07 Å². The first-order chi connectivity index (χ1) is 5.72. The Kier molecular flexibility index (Phi) is 4.35. The molecule has 0 aromatic heterocycles. The van der Waals surface area contributed by atoms with Crippen molar-refractivity contribution in [2.45, 2.75) is 0 Å². The van der Waals surface area contributed by atoms with Crippen molar-refractivity contribution >= 4 is 5.69 Å². The smallest absolute Gasteiger partial charge is 0.310 e. The van der Waals surface area contributed by atoms with E-state index in [2.05, 4.69) is 5.90 Å². The third-order valence-corrected chi connectivity index (χ3v) is 1.08. The van der Waals surface area contributed by atoms with E-state index < -0.39 is 4.92 Å². The summed E-state index contributed by atoms with van der Waals surface area (Å²) in [5, 5.41) is 25.4. The first-order valence-corrected chi connectivity index (χ1v) is 2.90. The minimum absolute atomic E-state index is 0.262. The van der Waals surface area contributed by atoms with Crippen LogP contribution in [-0.2, 0) is 0 Å². The third-order valence-electron chi connectivity index (χ3n) is 1.08. The molecule has 0 aliphatic carbocycles. The average molecular weight is 172 g/mol. The molecule has 0 aliphatic rings. The number of phenolic OH excluding ortho intramolecular Hbond substituents is 1. The maximum Gasteiger partial charge on any atom is 0.310 e.